The van der Waals surface area contributed by atoms with E-state index in [1.807, 2.05) is 39.1 Å². The molecule has 0 radical (unpaired) electrons. The number of nitrogens with zero attached hydrogens (tertiary/aromatic N) is 4. The molecule has 4 rings (SSSR count). The standard InChI is InChI=1S/C29H37N5O4/c1-19-15-34(21(3)18-35)29(37)23-12-9-13-24(30-28(36)25-14-20(2)31-33(25)5)27(23)38-26(19)17-32(4)16-22-10-7-6-8-11-22/h6-14,19,21,26,35H,15-18H2,1-5H3,(H,30,36)/t19-,21+,26+/m0/s1. The van der Waals surface area contributed by atoms with Gasteiger partial charge in [0.1, 0.15) is 11.8 Å². The Morgan fingerprint density at radius 1 is 1.24 bits per heavy atom. The number of aliphatic hydroxyl groups is 1. The number of nitrogens with one attached hydrogen (secondary N) is 1. The van der Waals surface area contributed by atoms with Crippen LogP contribution in [-0.2, 0) is 13.6 Å². The van der Waals surface area contributed by atoms with Crippen molar-refractivity contribution in [1.82, 2.24) is 19.6 Å². The summed E-state index contributed by atoms with van der Waals surface area (Å²) in [7, 11) is 3.76. The molecule has 0 unspecified atom stereocenters. The summed E-state index contributed by atoms with van der Waals surface area (Å²) in [5.74, 6) is -0.282. The number of carbonyl (C=O) groups excluding carboxylic acids is 2. The van der Waals surface area contributed by atoms with Gasteiger partial charge in [0, 0.05) is 32.6 Å². The van der Waals surface area contributed by atoms with Crippen LogP contribution in [0.15, 0.2) is 54.6 Å². The molecule has 1 aliphatic rings. The first-order valence-corrected chi connectivity index (χ1v) is 12.9. The molecule has 202 valence electrons. The molecule has 3 aromatic rings. The van der Waals surface area contributed by atoms with Crippen LogP contribution in [0.1, 0.15) is 46.0 Å². The van der Waals surface area contributed by atoms with Gasteiger partial charge in [0.2, 0.25) is 0 Å². The van der Waals surface area contributed by atoms with E-state index in [-0.39, 0.29) is 36.5 Å². The van der Waals surface area contributed by atoms with Gasteiger partial charge >= 0.3 is 0 Å². The Kier molecular flexibility index (Phi) is 8.48. The monoisotopic (exact) mass is 519 g/mol. The van der Waals surface area contributed by atoms with Crippen molar-refractivity contribution in [3.63, 3.8) is 0 Å². The quantitative estimate of drug-likeness (QED) is 0.474. The van der Waals surface area contributed by atoms with Crippen molar-refractivity contribution < 1.29 is 19.4 Å². The van der Waals surface area contributed by atoms with E-state index >= 15 is 0 Å². The lowest BCUT2D eigenvalue weighted by Crippen LogP contribution is -2.49. The van der Waals surface area contributed by atoms with Crippen LogP contribution in [0.3, 0.4) is 0 Å². The van der Waals surface area contributed by atoms with Crippen molar-refractivity contribution in [3.05, 3.63) is 77.1 Å². The predicted octanol–water partition coefficient (Wildman–Crippen LogP) is 3.33. The Balaban J connectivity index is 1.68. The molecular weight excluding hydrogens is 482 g/mol. The smallest absolute Gasteiger partial charge is 0.274 e. The highest BCUT2D eigenvalue weighted by Crippen LogP contribution is 2.35. The van der Waals surface area contributed by atoms with Crippen molar-refractivity contribution in [2.24, 2.45) is 13.0 Å². The molecule has 2 amide bonds. The van der Waals surface area contributed by atoms with Crippen LogP contribution >= 0.6 is 0 Å². The normalized spacial score (nSPS) is 18.4. The van der Waals surface area contributed by atoms with Crippen LogP contribution in [0, 0.1) is 12.8 Å². The topological polar surface area (TPSA) is 99.9 Å². The van der Waals surface area contributed by atoms with E-state index in [4.69, 9.17) is 4.74 Å². The molecule has 1 aliphatic heterocycles. The highest BCUT2D eigenvalue weighted by atomic mass is 16.5. The van der Waals surface area contributed by atoms with E-state index in [0.29, 0.717) is 35.8 Å². The van der Waals surface area contributed by atoms with Gasteiger partial charge < -0.3 is 20.1 Å². The lowest BCUT2D eigenvalue weighted by molar-refractivity contribution is 0.0343. The van der Waals surface area contributed by atoms with Crippen LogP contribution in [0.2, 0.25) is 0 Å². The van der Waals surface area contributed by atoms with Crippen molar-refractivity contribution in [2.45, 2.75) is 39.5 Å². The summed E-state index contributed by atoms with van der Waals surface area (Å²) in [5.41, 5.74) is 3.10. The van der Waals surface area contributed by atoms with E-state index in [1.54, 1.807) is 36.2 Å². The summed E-state index contributed by atoms with van der Waals surface area (Å²) < 4.78 is 8.13. The van der Waals surface area contributed by atoms with E-state index < -0.39 is 0 Å². The van der Waals surface area contributed by atoms with Crippen molar-refractivity contribution in [3.8, 4) is 5.75 Å². The van der Waals surface area contributed by atoms with Crippen LogP contribution in [-0.4, -0.2) is 75.4 Å². The SMILES string of the molecule is Cc1cc(C(=O)Nc2cccc3c2O[C@H](CN(C)Cc2ccccc2)[C@@H](C)CN([C@H](C)CO)C3=O)n(C)n1. The van der Waals surface area contributed by atoms with Gasteiger partial charge in [-0.15, -0.1) is 0 Å². The minimum absolute atomic E-state index is 0.0391. The number of anilines is 1. The fourth-order valence-corrected chi connectivity index (χ4v) is 4.84. The molecule has 2 heterocycles. The fraction of sp³-hybridized carbons (Fsp3) is 0.414. The number of ether oxygens (including phenoxy) is 1. The summed E-state index contributed by atoms with van der Waals surface area (Å²) in [6.45, 7) is 7.35. The minimum atomic E-state index is -0.366. The van der Waals surface area contributed by atoms with E-state index in [9.17, 15) is 14.7 Å². The number of aryl methyl sites for hydroxylation is 2. The highest BCUT2D eigenvalue weighted by Gasteiger charge is 2.34. The maximum atomic E-state index is 13.7. The third-order valence-corrected chi connectivity index (χ3v) is 6.96. The number of carbonyl (C=O) groups is 2. The Labute approximate surface area is 224 Å². The van der Waals surface area contributed by atoms with Crippen LogP contribution < -0.4 is 10.1 Å². The maximum absolute atomic E-state index is 13.7. The third kappa shape index (κ3) is 6.06. The molecule has 38 heavy (non-hydrogen) atoms. The van der Waals surface area contributed by atoms with Gasteiger partial charge in [-0.25, -0.2) is 0 Å². The fourth-order valence-electron chi connectivity index (χ4n) is 4.84. The molecular formula is C29H37N5O4. The second-order valence-electron chi connectivity index (χ2n) is 10.2. The highest BCUT2D eigenvalue weighted by molar-refractivity contribution is 6.06. The lowest BCUT2D eigenvalue weighted by Gasteiger charge is -2.38. The molecule has 2 aromatic carbocycles. The number of para-hydroxylation sites is 1. The Morgan fingerprint density at radius 3 is 2.63 bits per heavy atom. The maximum Gasteiger partial charge on any atom is 0.274 e. The molecule has 0 saturated carbocycles. The average Bonchev–Trinajstić information content (AvgIpc) is 3.24. The van der Waals surface area contributed by atoms with Crippen molar-refractivity contribution in [2.75, 3.05) is 32.1 Å². The first kappa shape index (κ1) is 27.3. The van der Waals surface area contributed by atoms with Gasteiger partial charge in [0.05, 0.1) is 29.6 Å². The minimum Gasteiger partial charge on any atom is -0.486 e. The number of likely N-dealkylation sites (N-methyl/N-ethyl adjacent to an activating group) is 1. The summed E-state index contributed by atoms with van der Waals surface area (Å²) in [6.07, 6.45) is -0.277. The van der Waals surface area contributed by atoms with Gasteiger partial charge in [-0.2, -0.15) is 5.10 Å². The van der Waals surface area contributed by atoms with Gasteiger partial charge in [-0.1, -0.05) is 43.3 Å². The van der Waals surface area contributed by atoms with Crippen molar-refractivity contribution >= 4 is 17.5 Å². The second-order valence-corrected chi connectivity index (χ2v) is 10.2. The molecule has 0 bridgehead atoms. The zero-order valence-electron chi connectivity index (χ0n) is 22.7. The first-order chi connectivity index (χ1) is 18.2. The van der Waals surface area contributed by atoms with E-state index in [0.717, 1.165) is 12.2 Å². The molecule has 0 fully saturated rings. The van der Waals surface area contributed by atoms with Gasteiger partial charge in [-0.3, -0.25) is 19.2 Å². The number of hydrogen-bond donors (Lipinski definition) is 2. The Hall–Kier alpha value is -3.69. The van der Waals surface area contributed by atoms with Crippen LogP contribution in [0.25, 0.3) is 0 Å². The van der Waals surface area contributed by atoms with Crippen molar-refractivity contribution in [1.29, 1.82) is 0 Å². The number of hydrogen-bond acceptors (Lipinski definition) is 6. The zero-order valence-corrected chi connectivity index (χ0v) is 22.7. The van der Waals surface area contributed by atoms with E-state index in [1.165, 1.54) is 10.2 Å². The molecule has 1 aromatic heterocycles. The first-order valence-electron chi connectivity index (χ1n) is 12.9. The summed E-state index contributed by atoms with van der Waals surface area (Å²) >= 11 is 0. The van der Waals surface area contributed by atoms with Crippen LogP contribution in [0.4, 0.5) is 5.69 Å². The molecule has 9 nitrogen and oxygen atoms in total. The Morgan fingerprint density at radius 2 is 1.97 bits per heavy atom. The summed E-state index contributed by atoms with van der Waals surface area (Å²) in [6, 6.07) is 16.7. The summed E-state index contributed by atoms with van der Waals surface area (Å²) in [5, 5.41) is 17.1. The van der Waals surface area contributed by atoms with E-state index in [2.05, 4.69) is 34.4 Å². The Bertz CT molecular complexity index is 1280. The molecule has 0 saturated heterocycles. The number of aromatic nitrogens is 2. The predicted molar refractivity (Wildman–Crippen MR) is 146 cm³/mol. The third-order valence-electron chi connectivity index (χ3n) is 6.96. The number of aliphatic hydroxyl groups excluding tert-OH is 1. The second kappa shape index (κ2) is 11.8. The zero-order chi connectivity index (χ0) is 27.4. The molecule has 0 aliphatic carbocycles. The lowest BCUT2D eigenvalue weighted by atomic mass is 9.98. The number of fused-ring (bicyclic) bond motifs is 1. The number of amides is 2. The summed E-state index contributed by atoms with van der Waals surface area (Å²) in [4.78, 5) is 30.7. The number of benzene rings is 2. The molecule has 0 spiro atoms. The molecule has 2 N–H and O–H groups in total. The molecule has 9 heteroatoms. The number of rotatable bonds is 8. The van der Waals surface area contributed by atoms with Gasteiger partial charge in [0.25, 0.3) is 11.8 Å². The largest absolute Gasteiger partial charge is 0.486 e. The van der Waals surface area contributed by atoms with Gasteiger partial charge in [0.15, 0.2) is 5.75 Å². The van der Waals surface area contributed by atoms with Crippen LogP contribution in [0.5, 0.6) is 5.75 Å². The van der Waals surface area contributed by atoms with Gasteiger partial charge in [-0.05, 0) is 44.7 Å². The average molecular weight is 520 g/mol. The molecule has 3 atom stereocenters.